The summed E-state index contributed by atoms with van der Waals surface area (Å²) >= 11 is 0. The van der Waals surface area contributed by atoms with E-state index in [2.05, 4.69) is 5.16 Å². The normalized spacial score (nSPS) is 11.3. The molecule has 0 aliphatic heterocycles. The molecule has 1 rings (SSSR count). The number of likely N-dealkylation sites (N-methyl/N-ethyl adjacent to an activating group) is 1. The van der Waals surface area contributed by atoms with Gasteiger partial charge in [0, 0.05) is 19.2 Å². The quantitative estimate of drug-likeness (QED) is 0.350. The Bertz CT molecular complexity index is 446. The highest BCUT2D eigenvalue weighted by atomic mass is 16.5. The molecule has 1 amide bonds. The number of carbonyl (C=O) groups excluding carboxylic acids is 1. The summed E-state index contributed by atoms with van der Waals surface area (Å²) in [7, 11) is 1.62. The Kier molecular flexibility index (Phi) is 5.13. The average Bonchev–Trinajstić information content (AvgIpc) is 2.43. The van der Waals surface area contributed by atoms with Gasteiger partial charge in [-0.3, -0.25) is 4.79 Å². The lowest BCUT2D eigenvalue weighted by Crippen LogP contribution is -2.32. The summed E-state index contributed by atoms with van der Waals surface area (Å²) in [6.07, 6.45) is 0. The van der Waals surface area contributed by atoms with Crippen LogP contribution in [0.25, 0.3) is 0 Å². The van der Waals surface area contributed by atoms with E-state index in [4.69, 9.17) is 15.7 Å². The molecule has 0 fully saturated rings. The van der Waals surface area contributed by atoms with Crippen molar-refractivity contribution in [1.82, 2.24) is 0 Å². The summed E-state index contributed by atoms with van der Waals surface area (Å²) in [6, 6.07) is 6.91. The molecule has 0 saturated carbocycles. The minimum Gasteiger partial charge on any atom is -0.409 e. The molecule has 0 atom stereocenters. The van der Waals surface area contributed by atoms with Gasteiger partial charge in [0.25, 0.3) is 5.91 Å². The van der Waals surface area contributed by atoms with E-state index in [1.165, 1.54) is 4.90 Å². The third-order valence-corrected chi connectivity index (χ3v) is 2.45. The van der Waals surface area contributed by atoms with Gasteiger partial charge >= 0.3 is 0 Å². The standard InChI is InChI=1S/C12H17N3O3/c1-3-18-8-11(16)15(2)10-7-5-4-6-9(10)12(13)14-17/h4-7,17H,3,8H2,1-2H3,(H2,13,14). The number of anilines is 1. The number of ether oxygens (including phenoxy) is 1. The SMILES string of the molecule is CCOCC(=O)N(C)c1ccccc1C(N)=NO. The van der Waals surface area contributed by atoms with E-state index in [-0.39, 0.29) is 18.3 Å². The number of rotatable bonds is 5. The number of amidine groups is 1. The maximum atomic E-state index is 11.8. The van der Waals surface area contributed by atoms with Crippen LogP contribution in [0, 0.1) is 0 Å². The van der Waals surface area contributed by atoms with E-state index >= 15 is 0 Å². The molecule has 98 valence electrons. The van der Waals surface area contributed by atoms with Crippen molar-refractivity contribution in [1.29, 1.82) is 0 Å². The molecule has 18 heavy (non-hydrogen) atoms. The predicted octanol–water partition coefficient (Wildman–Crippen LogP) is 0.780. The van der Waals surface area contributed by atoms with Gasteiger partial charge in [-0.15, -0.1) is 0 Å². The van der Waals surface area contributed by atoms with Gasteiger partial charge in [-0.25, -0.2) is 0 Å². The zero-order valence-electron chi connectivity index (χ0n) is 10.5. The summed E-state index contributed by atoms with van der Waals surface area (Å²) in [5.74, 6) is -0.239. The lowest BCUT2D eigenvalue weighted by molar-refractivity contribution is -0.122. The number of para-hydroxylation sites is 1. The molecule has 6 heteroatoms. The minimum atomic E-state index is -0.199. The van der Waals surface area contributed by atoms with Crippen LogP contribution in [0.2, 0.25) is 0 Å². The summed E-state index contributed by atoms with van der Waals surface area (Å²) in [6.45, 7) is 2.29. The first-order chi connectivity index (χ1) is 8.61. The van der Waals surface area contributed by atoms with E-state index in [9.17, 15) is 4.79 Å². The van der Waals surface area contributed by atoms with E-state index in [0.717, 1.165) is 0 Å². The minimum absolute atomic E-state index is 0.00247. The van der Waals surface area contributed by atoms with Crippen molar-refractivity contribution in [2.75, 3.05) is 25.2 Å². The molecule has 1 aromatic carbocycles. The molecule has 0 radical (unpaired) electrons. The van der Waals surface area contributed by atoms with Crippen LogP contribution in [0.4, 0.5) is 5.69 Å². The fourth-order valence-corrected chi connectivity index (χ4v) is 1.46. The monoisotopic (exact) mass is 251 g/mol. The smallest absolute Gasteiger partial charge is 0.252 e. The molecule has 0 aliphatic rings. The molecule has 0 heterocycles. The van der Waals surface area contributed by atoms with E-state index in [1.807, 2.05) is 6.92 Å². The number of hydrogen-bond acceptors (Lipinski definition) is 4. The maximum Gasteiger partial charge on any atom is 0.252 e. The Hall–Kier alpha value is -2.08. The number of carbonyl (C=O) groups is 1. The molecule has 6 nitrogen and oxygen atoms in total. The average molecular weight is 251 g/mol. The zero-order valence-corrected chi connectivity index (χ0v) is 10.5. The first-order valence-electron chi connectivity index (χ1n) is 5.53. The highest BCUT2D eigenvalue weighted by Gasteiger charge is 2.15. The van der Waals surface area contributed by atoms with Crippen LogP contribution >= 0.6 is 0 Å². The maximum absolute atomic E-state index is 11.8. The molecular formula is C12H17N3O3. The number of hydrogen-bond donors (Lipinski definition) is 2. The molecule has 0 aromatic heterocycles. The van der Waals surface area contributed by atoms with Crippen molar-refractivity contribution in [3.05, 3.63) is 29.8 Å². The van der Waals surface area contributed by atoms with Gasteiger partial charge in [0.05, 0.1) is 5.69 Å². The van der Waals surface area contributed by atoms with Crippen LogP contribution < -0.4 is 10.6 Å². The Labute approximate surface area is 106 Å². The van der Waals surface area contributed by atoms with Crippen molar-refractivity contribution in [3.63, 3.8) is 0 Å². The molecule has 0 unspecified atom stereocenters. The van der Waals surface area contributed by atoms with Crippen molar-refractivity contribution >= 4 is 17.4 Å². The molecule has 0 spiro atoms. The van der Waals surface area contributed by atoms with Crippen LogP contribution in [0.15, 0.2) is 29.4 Å². The van der Waals surface area contributed by atoms with Crippen molar-refractivity contribution < 1.29 is 14.7 Å². The van der Waals surface area contributed by atoms with Crippen LogP contribution in [-0.2, 0) is 9.53 Å². The number of nitrogens with two attached hydrogens (primary N) is 1. The van der Waals surface area contributed by atoms with Gasteiger partial charge in [0.1, 0.15) is 6.61 Å². The van der Waals surface area contributed by atoms with Gasteiger partial charge < -0.3 is 20.6 Å². The Morgan fingerprint density at radius 3 is 2.78 bits per heavy atom. The van der Waals surface area contributed by atoms with E-state index < -0.39 is 0 Å². The lowest BCUT2D eigenvalue weighted by atomic mass is 10.1. The first kappa shape index (κ1) is 14.0. The van der Waals surface area contributed by atoms with Crippen molar-refractivity contribution in [3.8, 4) is 0 Å². The summed E-state index contributed by atoms with van der Waals surface area (Å²) in [5.41, 5.74) is 6.62. The highest BCUT2D eigenvalue weighted by Crippen LogP contribution is 2.19. The predicted molar refractivity (Wildman–Crippen MR) is 68.9 cm³/mol. The van der Waals surface area contributed by atoms with Crippen LogP contribution in [0.3, 0.4) is 0 Å². The summed E-state index contributed by atoms with van der Waals surface area (Å²) in [5, 5.41) is 11.7. The highest BCUT2D eigenvalue weighted by molar-refractivity contribution is 6.06. The number of amides is 1. The fraction of sp³-hybridized carbons (Fsp3) is 0.333. The molecule has 0 aliphatic carbocycles. The first-order valence-corrected chi connectivity index (χ1v) is 5.53. The molecule has 1 aromatic rings. The fourth-order valence-electron chi connectivity index (χ4n) is 1.46. The molecular weight excluding hydrogens is 234 g/mol. The Balaban J connectivity index is 2.98. The van der Waals surface area contributed by atoms with Crippen molar-refractivity contribution in [2.45, 2.75) is 6.92 Å². The van der Waals surface area contributed by atoms with Crippen LogP contribution in [-0.4, -0.2) is 37.2 Å². The molecule has 0 saturated heterocycles. The second-order valence-electron chi connectivity index (χ2n) is 3.59. The molecule has 0 bridgehead atoms. The van der Waals surface area contributed by atoms with Gasteiger partial charge in [0.2, 0.25) is 0 Å². The van der Waals surface area contributed by atoms with Crippen molar-refractivity contribution in [2.24, 2.45) is 10.9 Å². The van der Waals surface area contributed by atoms with Gasteiger partial charge in [-0.1, -0.05) is 17.3 Å². The third-order valence-electron chi connectivity index (χ3n) is 2.45. The third kappa shape index (κ3) is 3.21. The Morgan fingerprint density at radius 2 is 2.17 bits per heavy atom. The lowest BCUT2D eigenvalue weighted by Gasteiger charge is -2.20. The second kappa shape index (κ2) is 6.61. The van der Waals surface area contributed by atoms with Gasteiger partial charge in [0.15, 0.2) is 5.84 Å². The van der Waals surface area contributed by atoms with E-state index in [0.29, 0.717) is 17.9 Å². The van der Waals surface area contributed by atoms with E-state index in [1.54, 1.807) is 31.3 Å². The zero-order chi connectivity index (χ0) is 13.5. The Morgan fingerprint density at radius 1 is 1.50 bits per heavy atom. The number of benzene rings is 1. The van der Waals surface area contributed by atoms with Crippen LogP contribution in [0.5, 0.6) is 0 Å². The van der Waals surface area contributed by atoms with Crippen LogP contribution in [0.1, 0.15) is 12.5 Å². The summed E-state index contributed by atoms with van der Waals surface area (Å²) in [4.78, 5) is 13.2. The molecule has 3 N–H and O–H groups in total. The van der Waals surface area contributed by atoms with Gasteiger partial charge in [-0.2, -0.15) is 0 Å². The topological polar surface area (TPSA) is 88.2 Å². The largest absolute Gasteiger partial charge is 0.409 e. The summed E-state index contributed by atoms with van der Waals surface area (Å²) < 4.78 is 5.06. The van der Waals surface area contributed by atoms with Gasteiger partial charge in [-0.05, 0) is 19.1 Å². The second-order valence-corrected chi connectivity index (χ2v) is 3.59. The number of oxime groups is 1. The number of nitrogens with zero attached hydrogens (tertiary/aromatic N) is 2.